The van der Waals surface area contributed by atoms with Crippen molar-refractivity contribution in [1.29, 1.82) is 0 Å². The summed E-state index contributed by atoms with van der Waals surface area (Å²) in [6, 6.07) is 5.47. The van der Waals surface area contributed by atoms with E-state index in [9.17, 15) is 4.79 Å². The number of hydrogen-bond donors (Lipinski definition) is 3. The minimum Gasteiger partial charge on any atom is -0.431 e. The number of nitrogen functional groups attached to an aromatic ring is 1. The number of carbonyl (C=O) groups is 1. The average molecular weight is 448 g/mol. The number of anilines is 2. The maximum Gasteiger partial charge on any atom is 0.292 e. The molecule has 0 saturated carbocycles. The number of halogens is 1. The van der Waals surface area contributed by atoms with Crippen LogP contribution in [0, 0.1) is 5.92 Å². The number of aliphatic hydroxyl groups is 1. The summed E-state index contributed by atoms with van der Waals surface area (Å²) >= 11 is 6.25. The number of rotatable bonds is 9. The van der Waals surface area contributed by atoms with E-state index in [1.165, 1.54) is 19.1 Å². The molecule has 2 heterocycles. The summed E-state index contributed by atoms with van der Waals surface area (Å²) in [6.07, 6.45) is 6.58. The van der Waals surface area contributed by atoms with Crippen molar-refractivity contribution >= 4 is 35.4 Å². The summed E-state index contributed by atoms with van der Waals surface area (Å²) in [7, 11) is 0. The van der Waals surface area contributed by atoms with Crippen LogP contribution in [-0.2, 0) is 0 Å². The molecule has 1 aliphatic heterocycles. The Bertz CT molecular complexity index is 893. The molecule has 2 aromatic rings. The normalized spacial score (nSPS) is 16.6. The number of piperidine rings is 1. The van der Waals surface area contributed by atoms with Gasteiger partial charge in [-0.05, 0) is 56.0 Å². The van der Waals surface area contributed by atoms with Gasteiger partial charge in [0.1, 0.15) is 6.26 Å². The van der Waals surface area contributed by atoms with E-state index < -0.39 is 5.91 Å². The second-order valence-electron chi connectivity index (χ2n) is 7.91. The summed E-state index contributed by atoms with van der Waals surface area (Å²) in [5.74, 6) is 0.346. The summed E-state index contributed by atoms with van der Waals surface area (Å²) in [4.78, 5) is 23.0. The number of nitrogens with zero attached hydrogens (tertiary/aromatic N) is 3. The monoisotopic (exact) mass is 447 g/mol. The summed E-state index contributed by atoms with van der Waals surface area (Å²) in [6.45, 7) is 6.00. The summed E-state index contributed by atoms with van der Waals surface area (Å²) < 4.78 is 4.87. The van der Waals surface area contributed by atoms with E-state index in [1.807, 2.05) is 18.3 Å². The van der Waals surface area contributed by atoms with Gasteiger partial charge in [0.05, 0.1) is 17.3 Å². The van der Waals surface area contributed by atoms with Gasteiger partial charge in [0.15, 0.2) is 5.69 Å². The molecule has 1 aliphatic rings. The van der Waals surface area contributed by atoms with Crippen molar-refractivity contribution in [1.82, 2.24) is 9.88 Å². The molecule has 1 fully saturated rings. The topological polar surface area (TPSA) is 117 Å². The summed E-state index contributed by atoms with van der Waals surface area (Å²) in [5, 5.41) is 12.2. The van der Waals surface area contributed by atoms with Gasteiger partial charge < -0.3 is 25.5 Å². The van der Waals surface area contributed by atoms with Crippen LogP contribution < -0.4 is 11.1 Å². The van der Waals surface area contributed by atoms with Gasteiger partial charge in [-0.25, -0.2) is 0 Å². The third-order valence-electron chi connectivity index (χ3n) is 5.64. The van der Waals surface area contributed by atoms with Gasteiger partial charge >= 0.3 is 0 Å². The molecule has 1 aromatic carbocycles. The molecular weight excluding hydrogens is 418 g/mol. The zero-order valence-corrected chi connectivity index (χ0v) is 18.5. The maximum atomic E-state index is 12.3. The largest absolute Gasteiger partial charge is 0.431 e. The first-order valence-corrected chi connectivity index (χ1v) is 11.0. The minimum absolute atomic E-state index is 0.0643. The number of likely N-dealkylation sites (tertiary alicyclic amines) is 1. The van der Waals surface area contributed by atoms with Crippen molar-refractivity contribution in [2.45, 2.75) is 32.1 Å². The van der Waals surface area contributed by atoms with Gasteiger partial charge in [0.2, 0.25) is 0 Å². The molecule has 0 aliphatic carbocycles. The standard InChI is InChI=1S/C22H30ClN5O3/c1-15(13-25-7-4-16-5-8-28(9-6-16)10-11-29)17-2-3-18(23)19(12-17)26-21(30)20-14-31-22(24)27-20/h2-3,12-16,29H,4-11H2,1H3,(H2,24,27)(H,26,30). The van der Waals surface area contributed by atoms with Crippen LogP contribution in [0.4, 0.5) is 11.7 Å². The third-order valence-corrected chi connectivity index (χ3v) is 5.97. The molecule has 168 valence electrons. The number of aromatic nitrogens is 1. The number of nitrogens with two attached hydrogens (primary N) is 1. The van der Waals surface area contributed by atoms with E-state index in [2.05, 4.69) is 27.1 Å². The number of β-amino-alcohol motifs (C(OH)–C–C–N with tert-alkyl or cyclic N) is 1. The fourth-order valence-electron chi connectivity index (χ4n) is 3.72. The van der Waals surface area contributed by atoms with Crippen LogP contribution in [0.1, 0.15) is 48.2 Å². The van der Waals surface area contributed by atoms with Crippen LogP contribution >= 0.6 is 11.6 Å². The molecule has 1 aromatic heterocycles. The highest BCUT2D eigenvalue weighted by molar-refractivity contribution is 6.34. The molecule has 0 bridgehead atoms. The molecule has 31 heavy (non-hydrogen) atoms. The van der Waals surface area contributed by atoms with E-state index >= 15 is 0 Å². The number of aliphatic imine (C=N–C) groups is 1. The number of amides is 1. The molecule has 1 saturated heterocycles. The molecule has 4 N–H and O–H groups in total. The van der Waals surface area contributed by atoms with Crippen molar-refractivity contribution in [3.05, 3.63) is 40.7 Å². The zero-order chi connectivity index (χ0) is 22.2. The van der Waals surface area contributed by atoms with Crippen molar-refractivity contribution in [3.8, 4) is 0 Å². The fourth-order valence-corrected chi connectivity index (χ4v) is 3.88. The second-order valence-corrected chi connectivity index (χ2v) is 8.31. The van der Waals surface area contributed by atoms with Crippen molar-refractivity contribution < 1.29 is 14.3 Å². The Morgan fingerprint density at radius 1 is 1.48 bits per heavy atom. The number of benzene rings is 1. The predicted molar refractivity (Wildman–Crippen MR) is 123 cm³/mol. The predicted octanol–water partition coefficient (Wildman–Crippen LogP) is 3.43. The minimum atomic E-state index is -0.439. The van der Waals surface area contributed by atoms with Gasteiger partial charge in [-0.15, -0.1) is 0 Å². The number of carbonyl (C=O) groups excluding carboxylic acids is 1. The number of hydrogen-bond acceptors (Lipinski definition) is 7. The smallest absolute Gasteiger partial charge is 0.292 e. The molecule has 8 nitrogen and oxygen atoms in total. The number of aliphatic hydroxyl groups excluding tert-OH is 1. The van der Waals surface area contributed by atoms with Crippen LogP contribution in [0.3, 0.4) is 0 Å². The Kier molecular flexibility index (Phi) is 8.45. The molecule has 1 atom stereocenters. The van der Waals surface area contributed by atoms with Gasteiger partial charge in [-0.2, -0.15) is 4.98 Å². The molecule has 9 heteroatoms. The molecule has 0 radical (unpaired) electrons. The van der Waals surface area contributed by atoms with Gasteiger partial charge in [-0.3, -0.25) is 9.79 Å². The first kappa shape index (κ1) is 23.2. The van der Waals surface area contributed by atoms with Crippen LogP contribution in [0.25, 0.3) is 0 Å². The Hall–Kier alpha value is -2.42. The van der Waals surface area contributed by atoms with Crippen molar-refractivity contribution in [3.63, 3.8) is 0 Å². The first-order valence-electron chi connectivity index (χ1n) is 10.6. The molecule has 1 amide bonds. The highest BCUT2D eigenvalue weighted by atomic mass is 35.5. The second kappa shape index (κ2) is 11.3. The lowest BCUT2D eigenvalue weighted by Gasteiger charge is -2.31. The van der Waals surface area contributed by atoms with E-state index in [-0.39, 0.29) is 24.2 Å². The maximum absolute atomic E-state index is 12.3. The Balaban J connectivity index is 1.50. The SMILES string of the molecule is CC(C=NCCC1CCN(CCO)CC1)c1ccc(Cl)c(NC(=O)c2coc(N)n2)c1. The van der Waals surface area contributed by atoms with Crippen molar-refractivity contribution in [2.24, 2.45) is 10.9 Å². The lowest BCUT2D eigenvalue weighted by molar-refractivity contribution is 0.102. The highest BCUT2D eigenvalue weighted by Gasteiger charge is 2.18. The number of oxazole rings is 1. The lowest BCUT2D eigenvalue weighted by atomic mass is 9.93. The average Bonchev–Trinajstić information content (AvgIpc) is 3.20. The number of nitrogens with one attached hydrogen (secondary N) is 1. The van der Waals surface area contributed by atoms with Gasteiger partial charge in [0.25, 0.3) is 11.9 Å². The molecule has 1 unspecified atom stereocenters. The summed E-state index contributed by atoms with van der Waals surface area (Å²) in [5.41, 5.74) is 7.01. The Morgan fingerprint density at radius 2 is 2.26 bits per heavy atom. The van der Waals surface area contributed by atoms with E-state index in [4.69, 9.17) is 26.9 Å². The first-order chi connectivity index (χ1) is 15.0. The molecular formula is C22H30ClN5O3. The van der Waals surface area contributed by atoms with E-state index in [1.54, 1.807) is 6.07 Å². The van der Waals surface area contributed by atoms with Gasteiger partial charge in [0, 0.05) is 25.2 Å². The molecule has 0 spiro atoms. The quantitative estimate of drug-likeness (QED) is 0.507. The molecule has 3 rings (SSSR count). The van der Waals surface area contributed by atoms with E-state index in [0.717, 1.165) is 38.2 Å². The van der Waals surface area contributed by atoms with Crippen LogP contribution in [0.15, 0.2) is 33.9 Å². The van der Waals surface area contributed by atoms with Gasteiger partial charge in [-0.1, -0.05) is 24.6 Å². The highest BCUT2D eigenvalue weighted by Crippen LogP contribution is 2.27. The Labute approximate surface area is 187 Å². The van der Waals surface area contributed by atoms with Crippen LogP contribution in [-0.4, -0.2) is 59.9 Å². The fraction of sp³-hybridized carbons (Fsp3) is 0.500. The lowest BCUT2D eigenvalue weighted by Crippen LogP contribution is -2.35. The van der Waals surface area contributed by atoms with Crippen LogP contribution in [0.2, 0.25) is 5.02 Å². The Morgan fingerprint density at radius 3 is 2.94 bits per heavy atom. The van der Waals surface area contributed by atoms with E-state index in [0.29, 0.717) is 16.6 Å². The third kappa shape index (κ3) is 6.78. The van der Waals surface area contributed by atoms with Crippen molar-refractivity contribution in [2.75, 3.05) is 43.8 Å². The van der Waals surface area contributed by atoms with Crippen LogP contribution in [0.5, 0.6) is 0 Å². The zero-order valence-electron chi connectivity index (χ0n) is 17.8.